The number of nitrogens with zero attached hydrogens (tertiary/aromatic N) is 1. The summed E-state index contributed by atoms with van der Waals surface area (Å²) in [5, 5.41) is 8.03. The molecule has 0 bridgehead atoms. The SMILES string of the molecule is C=C/C=C\C(=C)C#CC#N. The van der Waals surface area contributed by atoms with Gasteiger partial charge in [0.25, 0.3) is 0 Å². The molecule has 0 aliphatic rings. The molecule has 0 radical (unpaired) electrons. The fraction of sp³-hybridized carbons (Fsp3) is 0. The van der Waals surface area contributed by atoms with Crippen molar-refractivity contribution >= 4 is 0 Å². The maximum atomic E-state index is 8.03. The molecule has 0 saturated heterocycles. The van der Waals surface area contributed by atoms with E-state index in [1.807, 2.05) is 0 Å². The van der Waals surface area contributed by atoms with Crippen molar-refractivity contribution in [3.05, 3.63) is 37.0 Å². The molecule has 0 unspecified atom stereocenters. The van der Waals surface area contributed by atoms with Gasteiger partial charge in [0.05, 0.1) is 0 Å². The van der Waals surface area contributed by atoms with E-state index in [2.05, 4.69) is 25.0 Å². The van der Waals surface area contributed by atoms with Gasteiger partial charge in [-0.05, 0) is 6.08 Å². The minimum atomic E-state index is 0.612. The maximum Gasteiger partial charge on any atom is 0.152 e. The fourth-order valence-electron chi connectivity index (χ4n) is 0.334. The third-order valence-electron chi connectivity index (χ3n) is 0.712. The second-order valence-corrected chi connectivity index (χ2v) is 1.48. The van der Waals surface area contributed by atoms with Gasteiger partial charge in [-0.2, -0.15) is 5.26 Å². The highest BCUT2D eigenvalue weighted by Crippen LogP contribution is 1.88. The molecule has 0 atom stereocenters. The molecule has 0 rings (SSSR count). The summed E-state index contributed by atoms with van der Waals surface area (Å²) in [4.78, 5) is 0. The molecule has 0 aliphatic carbocycles. The second-order valence-electron chi connectivity index (χ2n) is 1.48. The lowest BCUT2D eigenvalue weighted by Crippen LogP contribution is -1.64. The van der Waals surface area contributed by atoms with Crippen molar-refractivity contribution in [1.82, 2.24) is 0 Å². The van der Waals surface area contributed by atoms with Gasteiger partial charge in [0.15, 0.2) is 6.07 Å². The van der Waals surface area contributed by atoms with E-state index < -0.39 is 0 Å². The maximum absolute atomic E-state index is 8.03. The molecule has 0 heterocycles. The van der Waals surface area contributed by atoms with Crippen molar-refractivity contribution in [2.75, 3.05) is 0 Å². The van der Waals surface area contributed by atoms with Gasteiger partial charge < -0.3 is 0 Å². The normalized spacial score (nSPS) is 7.50. The highest BCUT2D eigenvalue weighted by Gasteiger charge is 1.74. The summed E-state index contributed by atoms with van der Waals surface area (Å²) in [7, 11) is 0. The first kappa shape index (κ1) is 8.27. The van der Waals surface area contributed by atoms with Crippen molar-refractivity contribution in [3.63, 3.8) is 0 Å². The number of nitriles is 1. The van der Waals surface area contributed by atoms with E-state index in [1.54, 1.807) is 24.3 Å². The quantitative estimate of drug-likeness (QED) is 0.412. The van der Waals surface area contributed by atoms with Gasteiger partial charge >= 0.3 is 0 Å². The second kappa shape index (κ2) is 5.41. The largest absolute Gasteiger partial charge is 0.183 e. The third kappa shape index (κ3) is 4.43. The van der Waals surface area contributed by atoms with Gasteiger partial charge in [0, 0.05) is 11.5 Å². The standard InChI is InChI=1S/C9H7N/c1-3-4-6-9(2)7-5-8-10/h3-4,6H,1-2H2/b6-4-. The van der Waals surface area contributed by atoms with Crippen LogP contribution in [0, 0.1) is 23.2 Å². The number of hydrogen-bond donors (Lipinski definition) is 0. The summed E-state index contributed by atoms with van der Waals surface area (Å²) in [6.07, 6.45) is 5.03. The first-order valence-electron chi connectivity index (χ1n) is 2.69. The van der Waals surface area contributed by atoms with Crippen LogP contribution in [0.2, 0.25) is 0 Å². The van der Waals surface area contributed by atoms with Crippen molar-refractivity contribution in [2.45, 2.75) is 0 Å². The Morgan fingerprint density at radius 1 is 1.50 bits per heavy atom. The number of allylic oxidation sites excluding steroid dienone is 4. The molecule has 0 saturated carbocycles. The minimum absolute atomic E-state index is 0.612. The van der Waals surface area contributed by atoms with Crippen molar-refractivity contribution in [1.29, 1.82) is 5.26 Å². The molecule has 0 aliphatic heterocycles. The van der Waals surface area contributed by atoms with E-state index in [9.17, 15) is 0 Å². The van der Waals surface area contributed by atoms with Crippen LogP contribution in [0.3, 0.4) is 0 Å². The molecule has 0 aromatic carbocycles. The highest BCUT2D eigenvalue weighted by molar-refractivity contribution is 5.39. The number of rotatable bonds is 2. The molecular formula is C9H7N. The smallest absolute Gasteiger partial charge is 0.152 e. The van der Waals surface area contributed by atoms with Gasteiger partial charge in [-0.1, -0.05) is 31.2 Å². The lowest BCUT2D eigenvalue weighted by Gasteiger charge is -1.78. The van der Waals surface area contributed by atoms with Crippen LogP contribution >= 0.6 is 0 Å². The van der Waals surface area contributed by atoms with Crippen LogP contribution in [0.5, 0.6) is 0 Å². The van der Waals surface area contributed by atoms with E-state index >= 15 is 0 Å². The molecule has 0 N–H and O–H groups in total. The van der Waals surface area contributed by atoms with E-state index in [-0.39, 0.29) is 0 Å². The fourth-order valence-corrected chi connectivity index (χ4v) is 0.334. The Hall–Kier alpha value is -1.73. The zero-order chi connectivity index (χ0) is 7.82. The van der Waals surface area contributed by atoms with Crippen LogP contribution in [0.1, 0.15) is 0 Å². The topological polar surface area (TPSA) is 23.8 Å². The molecule has 1 nitrogen and oxygen atoms in total. The van der Waals surface area contributed by atoms with Crippen LogP contribution in [0.25, 0.3) is 0 Å². The lowest BCUT2D eigenvalue weighted by atomic mass is 10.3. The molecule has 0 fully saturated rings. The Bertz CT molecular complexity index is 253. The Labute approximate surface area is 61.0 Å². The molecule has 0 amide bonds. The Morgan fingerprint density at radius 3 is 2.70 bits per heavy atom. The minimum Gasteiger partial charge on any atom is -0.183 e. The average molecular weight is 129 g/mol. The van der Waals surface area contributed by atoms with Gasteiger partial charge in [-0.25, -0.2) is 0 Å². The first-order valence-corrected chi connectivity index (χ1v) is 2.69. The van der Waals surface area contributed by atoms with Crippen LogP contribution < -0.4 is 0 Å². The van der Waals surface area contributed by atoms with E-state index in [0.717, 1.165) is 0 Å². The van der Waals surface area contributed by atoms with Crippen molar-refractivity contribution in [3.8, 4) is 17.9 Å². The zero-order valence-corrected chi connectivity index (χ0v) is 5.59. The van der Waals surface area contributed by atoms with Gasteiger partial charge in [0.2, 0.25) is 0 Å². The molecule has 10 heavy (non-hydrogen) atoms. The Balaban J connectivity index is 4.02. The van der Waals surface area contributed by atoms with E-state index in [0.29, 0.717) is 5.57 Å². The van der Waals surface area contributed by atoms with Gasteiger partial charge in [-0.15, -0.1) is 0 Å². The molecule has 0 aromatic rings. The van der Waals surface area contributed by atoms with Crippen molar-refractivity contribution in [2.24, 2.45) is 0 Å². The summed E-state index contributed by atoms with van der Waals surface area (Å²) >= 11 is 0. The van der Waals surface area contributed by atoms with Crippen LogP contribution in [0.4, 0.5) is 0 Å². The molecule has 0 spiro atoms. The molecular weight excluding hydrogens is 122 g/mol. The van der Waals surface area contributed by atoms with Crippen LogP contribution in [0.15, 0.2) is 37.0 Å². The molecule has 48 valence electrons. The Kier molecular flexibility index (Phi) is 4.47. The van der Waals surface area contributed by atoms with Crippen molar-refractivity contribution < 1.29 is 0 Å². The van der Waals surface area contributed by atoms with Crippen LogP contribution in [-0.4, -0.2) is 0 Å². The Morgan fingerprint density at radius 2 is 2.20 bits per heavy atom. The first-order chi connectivity index (χ1) is 4.81. The molecule has 0 aromatic heterocycles. The van der Waals surface area contributed by atoms with Crippen LogP contribution in [-0.2, 0) is 0 Å². The monoisotopic (exact) mass is 129 g/mol. The predicted molar refractivity (Wildman–Crippen MR) is 41.9 cm³/mol. The summed E-state index contributed by atoms with van der Waals surface area (Å²) in [5.41, 5.74) is 0.612. The summed E-state index contributed by atoms with van der Waals surface area (Å²) < 4.78 is 0. The summed E-state index contributed by atoms with van der Waals surface area (Å²) in [6, 6.07) is 1.69. The van der Waals surface area contributed by atoms with E-state index in [4.69, 9.17) is 5.26 Å². The number of hydrogen-bond acceptors (Lipinski definition) is 1. The predicted octanol–water partition coefficient (Wildman–Crippen LogP) is 1.81. The van der Waals surface area contributed by atoms with Gasteiger partial charge in [-0.3, -0.25) is 0 Å². The zero-order valence-electron chi connectivity index (χ0n) is 5.59. The summed E-state index contributed by atoms with van der Waals surface area (Å²) in [6.45, 7) is 7.04. The molecule has 1 heteroatoms. The van der Waals surface area contributed by atoms with E-state index in [1.165, 1.54) is 0 Å². The third-order valence-corrected chi connectivity index (χ3v) is 0.712. The summed E-state index contributed by atoms with van der Waals surface area (Å²) in [5.74, 6) is 4.75. The van der Waals surface area contributed by atoms with Gasteiger partial charge in [0.1, 0.15) is 0 Å². The highest BCUT2D eigenvalue weighted by atomic mass is 14.2. The average Bonchev–Trinajstić information content (AvgIpc) is 1.97. The lowest BCUT2D eigenvalue weighted by molar-refractivity contribution is 1.55.